The quantitative estimate of drug-likeness (QED) is 0.758. The molecule has 0 bridgehead atoms. The van der Waals surface area contributed by atoms with Gasteiger partial charge in [0.15, 0.2) is 5.82 Å². The van der Waals surface area contributed by atoms with Crippen LogP contribution in [0.2, 0.25) is 0 Å². The summed E-state index contributed by atoms with van der Waals surface area (Å²) in [6, 6.07) is 0. The van der Waals surface area contributed by atoms with Crippen LogP contribution < -0.4 is 10.6 Å². The van der Waals surface area contributed by atoms with Gasteiger partial charge in [0.2, 0.25) is 11.8 Å². The lowest BCUT2D eigenvalue weighted by Gasteiger charge is -2.23. The summed E-state index contributed by atoms with van der Waals surface area (Å²) in [5.41, 5.74) is 3.26. The number of nitrogens with one attached hydrogen (secondary N) is 2. The molecular weight excluding hydrogens is 334 g/mol. The van der Waals surface area contributed by atoms with Crippen molar-refractivity contribution in [1.82, 2.24) is 30.1 Å². The topological polar surface area (TPSA) is 107 Å². The number of aryl methyl sites for hydroxylation is 2. The van der Waals surface area contributed by atoms with Crippen molar-refractivity contribution < 1.29 is 9.59 Å². The zero-order valence-corrected chi connectivity index (χ0v) is 15.4. The van der Waals surface area contributed by atoms with Crippen molar-refractivity contribution in [2.75, 3.05) is 11.9 Å². The van der Waals surface area contributed by atoms with Crippen LogP contribution in [-0.2, 0) is 29.6 Å². The average Bonchev–Trinajstić information content (AvgIpc) is 3.04. The van der Waals surface area contributed by atoms with E-state index in [0.717, 1.165) is 42.6 Å². The number of carbonyl (C=O) groups is 2. The molecule has 2 heterocycles. The molecule has 26 heavy (non-hydrogen) atoms. The molecule has 1 aliphatic rings. The first kappa shape index (κ1) is 18.1. The summed E-state index contributed by atoms with van der Waals surface area (Å²) in [4.78, 5) is 23.9. The fourth-order valence-corrected chi connectivity index (χ4v) is 3.04. The Morgan fingerprint density at radius 2 is 2.08 bits per heavy atom. The van der Waals surface area contributed by atoms with E-state index < -0.39 is 0 Å². The van der Waals surface area contributed by atoms with Crippen LogP contribution in [0.25, 0.3) is 0 Å². The van der Waals surface area contributed by atoms with Gasteiger partial charge in [0.25, 0.3) is 0 Å². The Morgan fingerprint density at radius 3 is 2.69 bits per heavy atom. The molecule has 1 saturated carbocycles. The normalized spacial score (nSPS) is 14.1. The van der Waals surface area contributed by atoms with Crippen LogP contribution in [0.1, 0.15) is 36.2 Å². The van der Waals surface area contributed by atoms with E-state index in [1.54, 1.807) is 6.20 Å². The van der Waals surface area contributed by atoms with Crippen molar-refractivity contribution >= 4 is 17.6 Å². The second-order valence-corrected chi connectivity index (χ2v) is 6.79. The number of hydrogen-bond acceptors (Lipinski definition) is 5. The summed E-state index contributed by atoms with van der Waals surface area (Å²) in [7, 11) is 1.91. The molecule has 2 amide bonds. The average molecular weight is 359 g/mol. The number of hydrogen-bond donors (Lipinski definition) is 2. The third kappa shape index (κ3) is 4.09. The highest BCUT2D eigenvalue weighted by Crippen LogP contribution is 2.27. The van der Waals surface area contributed by atoms with Crippen LogP contribution in [0.4, 0.5) is 5.82 Å². The molecule has 2 aromatic heterocycles. The largest absolute Gasteiger partial charge is 0.354 e. The smallest absolute Gasteiger partial charge is 0.241 e. The molecule has 3 rings (SSSR count). The van der Waals surface area contributed by atoms with Gasteiger partial charge < -0.3 is 10.6 Å². The Hall–Kier alpha value is -2.71. The highest BCUT2D eigenvalue weighted by Gasteiger charge is 2.25. The predicted molar refractivity (Wildman–Crippen MR) is 95.4 cm³/mol. The monoisotopic (exact) mass is 359 g/mol. The molecule has 0 unspecified atom stereocenters. The Labute approximate surface area is 152 Å². The molecule has 0 spiro atoms. The summed E-state index contributed by atoms with van der Waals surface area (Å²) in [5, 5.41) is 17.8. The van der Waals surface area contributed by atoms with Crippen LogP contribution in [0.15, 0.2) is 6.20 Å². The zero-order chi connectivity index (χ0) is 18.7. The summed E-state index contributed by atoms with van der Waals surface area (Å²) in [6.07, 6.45) is 5.27. The number of aromatic nitrogens is 5. The van der Waals surface area contributed by atoms with E-state index in [4.69, 9.17) is 0 Å². The van der Waals surface area contributed by atoms with E-state index >= 15 is 0 Å². The van der Waals surface area contributed by atoms with Crippen molar-refractivity contribution in [3.05, 3.63) is 23.1 Å². The van der Waals surface area contributed by atoms with Crippen LogP contribution >= 0.6 is 0 Å². The first-order valence-corrected chi connectivity index (χ1v) is 8.91. The Bertz CT molecular complexity index is 804. The van der Waals surface area contributed by atoms with Crippen molar-refractivity contribution in [3.63, 3.8) is 0 Å². The van der Waals surface area contributed by atoms with Crippen LogP contribution in [0.3, 0.4) is 0 Å². The highest BCUT2D eigenvalue weighted by atomic mass is 16.2. The minimum atomic E-state index is -0.147. The maximum atomic E-state index is 12.1. The Morgan fingerprint density at radius 1 is 1.31 bits per heavy atom. The molecule has 2 aromatic rings. The second-order valence-electron chi connectivity index (χ2n) is 6.79. The van der Waals surface area contributed by atoms with Gasteiger partial charge in [-0.25, -0.2) is 4.68 Å². The third-order valence-electron chi connectivity index (χ3n) is 4.93. The molecule has 1 aliphatic carbocycles. The standard InChI is InChI=1S/C17H25N7O2/c1-11-14(12(2)23(3)21-11)7-8-18-16(25)10-24-9-15(20-22-24)19-17(26)13-5-4-6-13/h9,13H,4-8,10H2,1-3H3,(H,18,25)(H,19,26). The minimum absolute atomic E-state index is 0.0186. The van der Waals surface area contributed by atoms with Crippen LogP contribution in [-0.4, -0.2) is 43.1 Å². The van der Waals surface area contributed by atoms with Gasteiger partial charge >= 0.3 is 0 Å². The third-order valence-corrected chi connectivity index (χ3v) is 4.93. The predicted octanol–water partition coefficient (Wildman–Crippen LogP) is 0.726. The first-order chi connectivity index (χ1) is 12.4. The molecule has 0 aliphatic heterocycles. The molecule has 9 nitrogen and oxygen atoms in total. The fourth-order valence-electron chi connectivity index (χ4n) is 3.04. The van der Waals surface area contributed by atoms with E-state index in [1.807, 2.05) is 25.6 Å². The molecular formula is C17H25N7O2. The van der Waals surface area contributed by atoms with Crippen molar-refractivity contribution in [2.24, 2.45) is 13.0 Å². The minimum Gasteiger partial charge on any atom is -0.354 e. The van der Waals surface area contributed by atoms with Crippen molar-refractivity contribution in [1.29, 1.82) is 0 Å². The van der Waals surface area contributed by atoms with Gasteiger partial charge in [-0.15, -0.1) is 5.10 Å². The Balaban J connectivity index is 1.44. The number of anilines is 1. The van der Waals surface area contributed by atoms with Gasteiger partial charge in [-0.3, -0.25) is 14.3 Å². The van der Waals surface area contributed by atoms with Crippen molar-refractivity contribution in [2.45, 2.75) is 46.1 Å². The van der Waals surface area contributed by atoms with Gasteiger partial charge in [0.1, 0.15) is 6.54 Å². The van der Waals surface area contributed by atoms with Crippen LogP contribution in [0.5, 0.6) is 0 Å². The maximum Gasteiger partial charge on any atom is 0.241 e. The Kier molecular flexibility index (Phi) is 5.34. The van der Waals surface area contributed by atoms with Crippen molar-refractivity contribution in [3.8, 4) is 0 Å². The summed E-state index contributed by atoms with van der Waals surface area (Å²) >= 11 is 0. The highest BCUT2D eigenvalue weighted by molar-refractivity contribution is 5.92. The zero-order valence-electron chi connectivity index (χ0n) is 15.4. The first-order valence-electron chi connectivity index (χ1n) is 8.91. The lowest BCUT2D eigenvalue weighted by molar-refractivity contribution is -0.122. The molecule has 140 valence electrons. The van der Waals surface area contributed by atoms with E-state index in [-0.39, 0.29) is 24.3 Å². The van der Waals surface area contributed by atoms with Gasteiger partial charge in [-0.1, -0.05) is 11.6 Å². The molecule has 0 saturated heterocycles. The SMILES string of the molecule is Cc1nn(C)c(C)c1CCNC(=O)Cn1cc(NC(=O)C2CCC2)nn1. The molecule has 0 radical (unpaired) electrons. The van der Waals surface area contributed by atoms with Gasteiger partial charge in [-0.05, 0) is 38.7 Å². The number of carbonyl (C=O) groups excluding carboxylic acids is 2. The van der Waals surface area contributed by atoms with Gasteiger partial charge in [0, 0.05) is 25.2 Å². The molecule has 1 fully saturated rings. The maximum absolute atomic E-state index is 12.1. The van der Waals surface area contributed by atoms with E-state index in [9.17, 15) is 9.59 Å². The summed E-state index contributed by atoms with van der Waals surface area (Å²) in [5.74, 6) is 0.306. The fraction of sp³-hybridized carbons (Fsp3) is 0.588. The number of rotatable bonds is 7. The number of nitrogens with zero attached hydrogens (tertiary/aromatic N) is 5. The lowest BCUT2D eigenvalue weighted by Crippen LogP contribution is -2.29. The van der Waals surface area contributed by atoms with Crippen LogP contribution in [0, 0.1) is 19.8 Å². The van der Waals surface area contributed by atoms with Gasteiger partial charge in [-0.2, -0.15) is 5.10 Å². The molecule has 0 atom stereocenters. The molecule has 0 aromatic carbocycles. The summed E-state index contributed by atoms with van der Waals surface area (Å²) < 4.78 is 3.27. The molecule has 2 N–H and O–H groups in total. The second kappa shape index (κ2) is 7.67. The number of amides is 2. The van der Waals surface area contributed by atoms with E-state index in [2.05, 4.69) is 26.0 Å². The van der Waals surface area contributed by atoms with Gasteiger partial charge in [0.05, 0.1) is 11.9 Å². The van der Waals surface area contributed by atoms with E-state index in [0.29, 0.717) is 12.4 Å². The molecule has 9 heteroatoms. The lowest BCUT2D eigenvalue weighted by atomic mass is 9.85. The summed E-state index contributed by atoms with van der Waals surface area (Å²) in [6.45, 7) is 4.59. The van der Waals surface area contributed by atoms with E-state index in [1.165, 1.54) is 4.68 Å².